The van der Waals surface area contributed by atoms with Crippen molar-refractivity contribution in [2.24, 2.45) is 11.7 Å². The number of hydrogen-bond donors (Lipinski definition) is 2. The molecule has 18 heavy (non-hydrogen) atoms. The summed E-state index contributed by atoms with van der Waals surface area (Å²) in [4.78, 5) is 2.49. The van der Waals surface area contributed by atoms with E-state index in [1.165, 1.54) is 17.7 Å². The van der Waals surface area contributed by atoms with Crippen LogP contribution in [0.2, 0.25) is 0 Å². The second-order valence-electron chi connectivity index (χ2n) is 5.37. The van der Waals surface area contributed by atoms with E-state index >= 15 is 0 Å². The van der Waals surface area contributed by atoms with E-state index in [1.807, 2.05) is 0 Å². The lowest BCUT2D eigenvalue weighted by atomic mass is 9.94. The minimum absolute atomic E-state index is 0.308. The number of rotatable bonds is 5. The predicted molar refractivity (Wildman–Crippen MR) is 77.3 cm³/mol. The van der Waals surface area contributed by atoms with Gasteiger partial charge in [-0.05, 0) is 36.8 Å². The summed E-state index contributed by atoms with van der Waals surface area (Å²) < 4.78 is 0. The molecule has 0 amide bonds. The van der Waals surface area contributed by atoms with Crippen molar-refractivity contribution in [2.75, 3.05) is 18.0 Å². The summed E-state index contributed by atoms with van der Waals surface area (Å²) in [7, 11) is 0. The molecule has 0 fully saturated rings. The lowest BCUT2D eigenvalue weighted by Gasteiger charge is -2.35. The van der Waals surface area contributed by atoms with Gasteiger partial charge in [0.1, 0.15) is 0 Å². The topological polar surface area (TPSA) is 53.1 Å². The molecule has 1 aromatic carbocycles. The third-order valence-electron chi connectivity index (χ3n) is 3.56. The van der Waals surface area contributed by atoms with Crippen molar-refractivity contribution in [3.8, 4) is 0 Å². The zero-order valence-corrected chi connectivity index (χ0v) is 11.2. The third-order valence-corrected chi connectivity index (χ3v) is 3.56. The van der Waals surface area contributed by atoms with Gasteiger partial charge in [0, 0.05) is 25.2 Å². The molecule has 1 atom stereocenters. The second kappa shape index (κ2) is 5.89. The molecular formula is C15H23N3. The van der Waals surface area contributed by atoms with Crippen molar-refractivity contribution in [2.45, 2.75) is 32.6 Å². The van der Waals surface area contributed by atoms with Crippen molar-refractivity contribution in [3.63, 3.8) is 0 Å². The minimum Gasteiger partial charge on any atom is -0.388 e. The molecule has 1 aliphatic rings. The molecular weight excluding hydrogens is 222 g/mol. The molecule has 0 saturated carbocycles. The first kappa shape index (κ1) is 12.9. The van der Waals surface area contributed by atoms with Crippen molar-refractivity contribution >= 4 is 11.5 Å². The summed E-state index contributed by atoms with van der Waals surface area (Å²) in [5, 5.41) is 7.23. The highest BCUT2D eigenvalue weighted by Gasteiger charge is 2.20. The van der Waals surface area contributed by atoms with Gasteiger partial charge in [-0.2, -0.15) is 0 Å². The number of benzene rings is 1. The molecule has 2 rings (SSSR count). The van der Waals surface area contributed by atoms with E-state index in [1.54, 1.807) is 0 Å². The zero-order chi connectivity index (χ0) is 13.0. The number of nitrogens with two attached hydrogens (primary N) is 1. The van der Waals surface area contributed by atoms with Gasteiger partial charge in [0.25, 0.3) is 0 Å². The maximum Gasteiger partial charge on any atom is 0.0905 e. The van der Waals surface area contributed by atoms with Crippen LogP contribution < -0.4 is 10.6 Å². The molecule has 0 aliphatic carbocycles. The summed E-state index contributed by atoms with van der Waals surface area (Å²) in [6.07, 6.45) is 4.05. The Kier molecular flexibility index (Phi) is 4.24. The monoisotopic (exact) mass is 245 g/mol. The molecule has 3 heteroatoms. The van der Waals surface area contributed by atoms with Crippen LogP contribution in [-0.2, 0) is 6.42 Å². The maximum atomic E-state index is 7.23. The van der Waals surface area contributed by atoms with Crippen molar-refractivity contribution in [1.29, 1.82) is 5.41 Å². The van der Waals surface area contributed by atoms with Crippen LogP contribution in [0.4, 0.5) is 5.69 Å². The van der Waals surface area contributed by atoms with Gasteiger partial charge < -0.3 is 10.6 Å². The Hall–Kier alpha value is -1.51. The average molecular weight is 245 g/mol. The second-order valence-corrected chi connectivity index (χ2v) is 5.37. The fraction of sp³-hybridized carbons (Fsp3) is 0.533. The van der Waals surface area contributed by atoms with Crippen LogP contribution in [0.15, 0.2) is 24.3 Å². The van der Waals surface area contributed by atoms with E-state index in [0.717, 1.165) is 38.3 Å². The molecule has 98 valence electrons. The molecule has 1 aliphatic heterocycles. The van der Waals surface area contributed by atoms with Crippen LogP contribution in [-0.4, -0.2) is 18.9 Å². The van der Waals surface area contributed by atoms with Crippen molar-refractivity contribution in [3.05, 3.63) is 29.8 Å². The SMILES string of the molecule is CC1Cc2ccccc2N(CCCCC(=N)N)C1. The maximum absolute atomic E-state index is 7.23. The first-order chi connectivity index (χ1) is 8.66. The number of hydrogen-bond acceptors (Lipinski definition) is 2. The largest absolute Gasteiger partial charge is 0.388 e. The number of unbranched alkanes of at least 4 members (excludes halogenated alkanes) is 1. The first-order valence-electron chi connectivity index (χ1n) is 6.82. The van der Waals surface area contributed by atoms with Crippen LogP contribution in [0.3, 0.4) is 0 Å². The van der Waals surface area contributed by atoms with Gasteiger partial charge in [-0.15, -0.1) is 0 Å². The number of para-hydroxylation sites is 1. The molecule has 1 unspecified atom stereocenters. The fourth-order valence-electron chi connectivity index (χ4n) is 2.74. The number of nitrogens with one attached hydrogen (secondary N) is 1. The summed E-state index contributed by atoms with van der Waals surface area (Å²) in [5.41, 5.74) is 8.26. The lowest BCUT2D eigenvalue weighted by molar-refractivity contribution is 0.523. The van der Waals surface area contributed by atoms with E-state index < -0.39 is 0 Å². The summed E-state index contributed by atoms with van der Waals surface area (Å²) >= 11 is 0. The van der Waals surface area contributed by atoms with Gasteiger partial charge >= 0.3 is 0 Å². The summed E-state index contributed by atoms with van der Waals surface area (Å²) in [6.45, 7) is 4.55. The predicted octanol–water partition coefficient (Wildman–Crippen LogP) is 2.79. The highest BCUT2D eigenvalue weighted by atomic mass is 15.1. The fourth-order valence-corrected chi connectivity index (χ4v) is 2.74. The van der Waals surface area contributed by atoms with Gasteiger partial charge in [0.15, 0.2) is 0 Å². The standard InChI is InChI=1S/C15H23N3/c1-12-10-13-6-2-3-7-14(13)18(11-12)9-5-4-8-15(16)17/h2-3,6-7,12H,4-5,8-11H2,1H3,(H3,16,17). The van der Waals surface area contributed by atoms with E-state index in [2.05, 4.69) is 36.1 Å². The quantitative estimate of drug-likeness (QED) is 0.476. The van der Waals surface area contributed by atoms with Crippen LogP contribution in [0.5, 0.6) is 0 Å². The molecule has 0 saturated heterocycles. The Labute approximate surface area is 109 Å². The van der Waals surface area contributed by atoms with Crippen LogP contribution in [0, 0.1) is 11.3 Å². The number of amidine groups is 1. The Bertz CT molecular complexity index is 414. The lowest BCUT2D eigenvalue weighted by Crippen LogP contribution is -2.35. The Morgan fingerprint density at radius 3 is 2.94 bits per heavy atom. The van der Waals surface area contributed by atoms with E-state index in [-0.39, 0.29) is 0 Å². The van der Waals surface area contributed by atoms with Gasteiger partial charge in [-0.3, -0.25) is 5.41 Å². The first-order valence-corrected chi connectivity index (χ1v) is 6.82. The molecule has 3 N–H and O–H groups in total. The highest BCUT2D eigenvalue weighted by molar-refractivity contribution is 5.76. The van der Waals surface area contributed by atoms with E-state index in [0.29, 0.717) is 5.84 Å². The van der Waals surface area contributed by atoms with E-state index in [4.69, 9.17) is 11.1 Å². The van der Waals surface area contributed by atoms with E-state index in [9.17, 15) is 0 Å². The highest BCUT2D eigenvalue weighted by Crippen LogP contribution is 2.29. The van der Waals surface area contributed by atoms with Crippen LogP contribution in [0.25, 0.3) is 0 Å². The summed E-state index contributed by atoms with van der Waals surface area (Å²) in [5.74, 6) is 1.04. The van der Waals surface area contributed by atoms with Crippen molar-refractivity contribution < 1.29 is 0 Å². The van der Waals surface area contributed by atoms with Crippen LogP contribution in [0.1, 0.15) is 31.7 Å². The van der Waals surface area contributed by atoms with Gasteiger partial charge in [0.2, 0.25) is 0 Å². The average Bonchev–Trinajstić information content (AvgIpc) is 2.34. The minimum atomic E-state index is 0.308. The normalized spacial score (nSPS) is 18.5. The van der Waals surface area contributed by atoms with Gasteiger partial charge in [0.05, 0.1) is 5.84 Å². The molecule has 1 heterocycles. The molecule has 0 radical (unpaired) electrons. The van der Waals surface area contributed by atoms with Gasteiger partial charge in [-0.25, -0.2) is 0 Å². The third kappa shape index (κ3) is 3.25. The Balaban J connectivity index is 1.94. The number of nitrogens with zero attached hydrogens (tertiary/aromatic N) is 1. The van der Waals surface area contributed by atoms with Crippen LogP contribution >= 0.6 is 0 Å². The smallest absolute Gasteiger partial charge is 0.0905 e. The molecule has 0 bridgehead atoms. The zero-order valence-electron chi connectivity index (χ0n) is 11.2. The Morgan fingerprint density at radius 2 is 2.17 bits per heavy atom. The van der Waals surface area contributed by atoms with Crippen molar-refractivity contribution in [1.82, 2.24) is 0 Å². The summed E-state index contributed by atoms with van der Waals surface area (Å²) in [6, 6.07) is 8.72. The molecule has 0 spiro atoms. The molecule has 3 nitrogen and oxygen atoms in total. The Morgan fingerprint density at radius 1 is 1.39 bits per heavy atom. The number of anilines is 1. The molecule has 0 aromatic heterocycles. The van der Waals surface area contributed by atoms with Gasteiger partial charge in [-0.1, -0.05) is 25.1 Å². The number of fused-ring (bicyclic) bond motifs is 1. The molecule has 1 aromatic rings.